The van der Waals surface area contributed by atoms with E-state index in [2.05, 4.69) is 21.6 Å². The molecule has 2 heterocycles. The highest BCUT2D eigenvalue weighted by molar-refractivity contribution is 6.30. The zero-order valence-corrected chi connectivity index (χ0v) is 16.1. The third-order valence-corrected chi connectivity index (χ3v) is 5.11. The van der Waals surface area contributed by atoms with Crippen LogP contribution in [0.25, 0.3) is 0 Å². The molecule has 1 saturated heterocycles. The minimum absolute atomic E-state index is 0.181. The Morgan fingerprint density at radius 1 is 1.27 bits per heavy atom. The number of rotatable bonds is 5. The van der Waals surface area contributed by atoms with Crippen LogP contribution in [-0.2, 0) is 6.54 Å². The molecule has 1 aromatic carbocycles. The normalized spacial score (nSPS) is 15.8. The van der Waals surface area contributed by atoms with E-state index in [1.807, 2.05) is 26.0 Å². The van der Waals surface area contributed by atoms with Crippen LogP contribution in [0.5, 0.6) is 0 Å². The zero-order chi connectivity index (χ0) is 18.5. The standard InChI is InChI=1S/C20H26ClN3O2/c1-14-10-17(15(2)26-14)13-24-8-6-16(7-9-24)12-22-20(25)23-19-5-3-4-18(21)11-19/h3-5,10-11,16H,6-9,12-13H2,1-2H3,(H2,22,23,25). The maximum atomic E-state index is 12.0. The summed E-state index contributed by atoms with van der Waals surface area (Å²) in [4.78, 5) is 14.5. The van der Waals surface area contributed by atoms with Gasteiger partial charge < -0.3 is 15.1 Å². The number of hydrogen-bond acceptors (Lipinski definition) is 3. The minimum atomic E-state index is -0.181. The molecule has 0 aliphatic carbocycles. The van der Waals surface area contributed by atoms with E-state index < -0.39 is 0 Å². The van der Waals surface area contributed by atoms with Gasteiger partial charge in [0.15, 0.2) is 0 Å². The van der Waals surface area contributed by atoms with Gasteiger partial charge in [0.25, 0.3) is 0 Å². The van der Waals surface area contributed by atoms with Crippen LogP contribution in [0.2, 0.25) is 5.02 Å². The number of hydrogen-bond donors (Lipinski definition) is 2. The molecular weight excluding hydrogens is 350 g/mol. The minimum Gasteiger partial charge on any atom is -0.466 e. The first kappa shape index (κ1) is 18.8. The Morgan fingerprint density at radius 3 is 2.69 bits per heavy atom. The second kappa shape index (κ2) is 8.60. The maximum absolute atomic E-state index is 12.0. The van der Waals surface area contributed by atoms with Gasteiger partial charge in [0.2, 0.25) is 0 Å². The summed E-state index contributed by atoms with van der Waals surface area (Å²) in [6, 6.07) is 9.10. The summed E-state index contributed by atoms with van der Waals surface area (Å²) in [5, 5.41) is 6.40. The molecule has 2 amide bonds. The Bertz CT molecular complexity index is 751. The highest BCUT2D eigenvalue weighted by Gasteiger charge is 2.21. The number of piperidine rings is 1. The first-order chi connectivity index (χ1) is 12.5. The van der Waals surface area contributed by atoms with Gasteiger partial charge in [-0.25, -0.2) is 4.79 Å². The third-order valence-electron chi connectivity index (χ3n) is 4.88. The molecule has 2 aromatic rings. The number of nitrogens with one attached hydrogen (secondary N) is 2. The highest BCUT2D eigenvalue weighted by Crippen LogP contribution is 2.21. The molecule has 2 N–H and O–H groups in total. The maximum Gasteiger partial charge on any atom is 0.319 e. The predicted molar refractivity (Wildman–Crippen MR) is 105 cm³/mol. The van der Waals surface area contributed by atoms with Crippen LogP contribution in [0.3, 0.4) is 0 Å². The Kier molecular flexibility index (Phi) is 6.22. The van der Waals surface area contributed by atoms with Crippen molar-refractivity contribution in [3.63, 3.8) is 0 Å². The van der Waals surface area contributed by atoms with Gasteiger partial charge in [-0.2, -0.15) is 0 Å². The van der Waals surface area contributed by atoms with E-state index in [4.69, 9.17) is 16.0 Å². The van der Waals surface area contributed by atoms with E-state index in [0.29, 0.717) is 23.2 Å². The van der Waals surface area contributed by atoms with Crippen molar-refractivity contribution < 1.29 is 9.21 Å². The lowest BCUT2D eigenvalue weighted by atomic mass is 9.96. The number of carbonyl (C=O) groups is 1. The number of halogens is 1. The van der Waals surface area contributed by atoms with Crippen LogP contribution >= 0.6 is 11.6 Å². The van der Waals surface area contributed by atoms with Crippen LogP contribution < -0.4 is 10.6 Å². The van der Waals surface area contributed by atoms with Gasteiger partial charge in [-0.15, -0.1) is 0 Å². The second-order valence-corrected chi connectivity index (χ2v) is 7.44. The molecule has 0 saturated carbocycles. The number of nitrogens with zero attached hydrogens (tertiary/aromatic N) is 1. The number of urea groups is 1. The molecule has 6 heteroatoms. The van der Waals surface area contributed by atoms with E-state index in [9.17, 15) is 4.79 Å². The molecule has 0 bridgehead atoms. The van der Waals surface area contributed by atoms with Gasteiger partial charge in [-0.05, 0) is 70.0 Å². The Balaban J connectivity index is 1.38. The molecule has 3 rings (SSSR count). The largest absolute Gasteiger partial charge is 0.466 e. The van der Waals surface area contributed by atoms with Gasteiger partial charge in [-0.3, -0.25) is 4.90 Å². The van der Waals surface area contributed by atoms with Gasteiger partial charge in [-0.1, -0.05) is 17.7 Å². The van der Waals surface area contributed by atoms with Crippen LogP contribution in [0.1, 0.15) is 29.9 Å². The van der Waals surface area contributed by atoms with Gasteiger partial charge in [0.05, 0.1) is 0 Å². The van der Waals surface area contributed by atoms with E-state index in [-0.39, 0.29) is 6.03 Å². The summed E-state index contributed by atoms with van der Waals surface area (Å²) in [7, 11) is 0. The van der Waals surface area contributed by atoms with E-state index in [1.165, 1.54) is 5.56 Å². The van der Waals surface area contributed by atoms with Gasteiger partial charge in [0, 0.05) is 29.4 Å². The van der Waals surface area contributed by atoms with E-state index in [1.54, 1.807) is 12.1 Å². The lowest BCUT2D eigenvalue weighted by Gasteiger charge is -2.31. The number of aryl methyl sites for hydroxylation is 2. The molecule has 5 nitrogen and oxygen atoms in total. The summed E-state index contributed by atoms with van der Waals surface area (Å²) in [6.07, 6.45) is 2.18. The average Bonchev–Trinajstić information content (AvgIpc) is 2.91. The molecule has 0 radical (unpaired) electrons. The molecule has 26 heavy (non-hydrogen) atoms. The van der Waals surface area contributed by atoms with Crippen LogP contribution in [0, 0.1) is 19.8 Å². The highest BCUT2D eigenvalue weighted by atomic mass is 35.5. The SMILES string of the molecule is Cc1cc(CN2CCC(CNC(=O)Nc3cccc(Cl)c3)CC2)c(C)o1. The van der Waals surface area contributed by atoms with E-state index in [0.717, 1.165) is 44.0 Å². The van der Waals surface area contributed by atoms with Crippen molar-refractivity contribution in [2.24, 2.45) is 5.92 Å². The van der Waals surface area contributed by atoms with Gasteiger partial charge >= 0.3 is 6.03 Å². The Hall–Kier alpha value is -1.98. The number of furan rings is 1. The average molecular weight is 376 g/mol. The van der Waals surface area contributed by atoms with Crippen molar-refractivity contribution in [3.8, 4) is 0 Å². The zero-order valence-electron chi connectivity index (χ0n) is 15.3. The third kappa shape index (κ3) is 5.26. The fourth-order valence-corrected chi connectivity index (χ4v) is 3.60. The molecule has 1 aliphatic rings. The Labute approximate surface area is 159 Å². The molecule has 0 atom stereocenters. The summed E-state index contributed by atoms with van der Waals surface area (Å²) in [5.74, 6) is 2.51. The number of likely N-dealkylation sites (tertiary alicyclic amines) is 1. The number of carbonyl (C=O) groups excluding carboxylic acids is 1. The lowest BCUT2D eigenvalue weighted by molar-refractivity contribution is 0.175. The van der Waals surface area contributed by atoms with Crippen LogP contribution in [0.15, 0.2) is 34.7 Å². The molecule has 140 valence electrons. The predicted octanol–water partition coefficient (Wildman–Crippen LogP) is 4.58. The molecule has 0 unspecified atom stereocenters. The fourth-order valence-electron chi connectivity index (χ4n) is 3.41. The van der Waals surface area contributed by atoms with Crippen LogP contribution in [-0.4, -0.2) is 30.6 Å². The first-order valence-electron chi connectivity index (χ1n) is 9.08. The summed E-state index contributed by atoms with van der Waals surface area (Å²) in [5.41, 5.74) is 1.98. The summed E-state index contributed by atoms with van der Waals surface area (Å²) in [6.45, 7) is 7.75. The van der Waals surface area contributed by atoms with E-state index >= 15 is 0 Å². The van der Waals surface area contributed by atoms with Crippen molar-refractivity contribution in [1.82, 2.24) is 10.2 Å². The molecule has 1 aliphatic heterocycles. The molecule has 1 fully saturated rings. The van der Waals surface area contributed by atoms with Crippen molar-refractivity contribution in [2.45, 2.75) is 33.2 Å². The monoisotopic (exact) mass is 375 g/mol. The number of amides is 2. The second-order valence-electron chi connectivity index (χ2n) is 7.00. The quantitative estimate of drug-likeness (QED) is 0.803. The topological polar surface area (TPSA) is 57.5 Å². The van der Waals surface area contributed by atoms with Crippen molar-refractivity contribution in [3.05, 3.63) is 52.4 Å². The van der Waals surface area contributed by atoms with Gasteiger partial charge in [0.1, 0.15) is 11.5 Å². The number of anilines is 1. The fraction of sp³-hybridized carbons (Fsp3) is 0.450. The summed E-state index contributed by atoms with van der Waals surface area (Å²) < 4.78 is 5.61. The first-order valence-corrected chi connectivity index (χ1v) is 9.46. The summed E-state index contributed by atoms with van der Waals surface area (Å²) >= 11 is 5.93. The molecule has 1 aromatic heterocycles. The molecular formula is C20H26ClN3O2. The van der Waals surface area contributed by atoms with Crippen molar-refractivity contribution >= 4 is 23.3 Å². The lowest BCUT2D eigenvalue weighted by Crippen LogP contribution is -2.39. The Morgan fingerprint density at radius 2 is 2.04 bits per heavy atom. The number of benzene rings is 1. The smallest absolute Gasteiger partial charge is 0.319 e. The molecule has 0 spiro atoms. The van der Waals surface area contributed by atoms with Crippen LogP contribution in [0.4, 0.5) is 10.5 Å². The van der Waals surface area contributed by atoms with Crippen molar-refractivity contribution in [2.75, 3.05) is 25.0 Å². The van der Waals surface area contributed by atoms with Crippen molar-refractivity contribution in [1.29, 1.82) is 0 Å².